The van der Waals surface area contributed by atoms with E-state index in [1.54, 1.807) is 12.1 Å². The Morgan fingerprint density at radius 2 is 1.54 bits per heavy atom. The van der Waals surface area contributed by atoms with Crippen molar-refractivity contribution in [2.75, 3.05) is 5.88 Å². The maximum atomic E-state index is 13.8. The van der Waals surface area contributed by atoms with E-state index < -0.39 is 41.4 Å². The highest BCUT2D eigenvalue weighted by molar-refractivity contribution is 6.31. The van der Waals surface area contributed by atoms with E-state index in [0.717, 1.165) is 10.0 Å². The van der Waals surface area contributed by atoms with E-state index in [4.69, 9.17) is 34.8 Å². The van der Waals surface area contributed by atoms with Crippen molar-refractivity contribution in [3.63, 3.8) is 0 Å². The fourth-order valence-corrected chi connectivity index (χ4v) is 5.17. The molecule has 0 unspecified atom stereocenters. The van der Waals surface area contributed by atoms with Gasteiger partial charge in [0.1, 0.15) is 6.04 Å². The van der Waals surface area contributed by atoms with E-state index in [2.05, 4.69) is 0 Å². The van der Waals surface area contributed by atoms with E-state index in [9.17, 15) is 19.2 Å². The molecule has 1 heterocycles. The molecule has 0 aromatic heterocycles. The highest BCUT2D eigenvalue weighted by atomic mass is 35.5. The first-order valence-electron chi connectivity index (χ1n) is 11.2. The van der Waals surface area contributed by atoms with Crippen molar-refractivity contribution in [2.24, 2.45) is 17.8 Å². The summed E-state index contributed by atoms with van der Waals surface area (Å²) >= 11 is 18.0. The average molecular weight is 534 g/mol. The Hall–Kier alpha value is -2.67. The molecule has 0 spiro atoms. The molecular formula is C26H23Cl3N2O4. The van der Waals surface area contributed by atoms with Gasteiger partial charge >= 0.3 is 0 Å². The number of fused-ring (bicyclic) bond motifs is 1. The maximum absolute atomic E-state index is 13.8. The standard InChI is InChI=1S/C26H23Cl3N2O4/c1-15-3-2-4-20-22(15)26(35)31(25(20)34)30(24(33)17-7-11-19(29)12-8-17)21(13-14-27)23(32)16-5-9-18(28)10-6-16/h2-3,5-12,15,20-22H,4,13-14H2,1H3/t15-,20+,21-,22-/m1/s1. The number of ketones is 1. The molecule has 1 aliphatic heterocycles. The number of halogens is 3. The number of imide groups is 1. The Bertz CT molecular complexity index is 1180. The molecule has 4 rings (SSSR count). The second-order valence-electron chi connectivity index (χ2n) is 8.66. The maximum Gasteiger partial charge on any atom is 0.273 e. The van der Waals surface area contributed by atoms with E-state index in [-0.39, 0.29) is 29.3 Å². The van der Waals surface area contributed by atoms with Crippen molar-refractivity contribution in [3.05, 3.63) is 81.9 Å². The lowest BCUT2D eigenvalue weighted by Gasteiger charge is -2.36. The molecule has 35 heavy (non-hydrogen) atoms. The first-order valence-corrected chi connectivity index (χ1v) is 12.5. The number of nitrogens with zero attached hydrogens (tertiary/aromatic N) is 2. The Balaban J connectivity index is 1.81. The Labute approximate surface area is 218 Å². The van der Waals surface area contributed by atoms with Crippen LogP contribution in [-0.4, -0.2) is 45.4 Å². The first-order chi connectivity index (χ1) is 16.7. The molecule has 4 atom stereocenters. The summed E-state index contributed by atoms with van der Waals surface area (Å²) < 4.78 is 0. The molecule has 182 valence electrons. The second kappa shape index (κ2) is 10.5. The molecule has 3 amide bonds. The zero-order chi connectivity index (χ0) is 25.3. The quantitative estimate of drug-likeness (QED) is 0.206. The SMILES string of the molecule is C[C@@H]1C=CC[C@@H]2C(=O)N(N(C(=O)c3ccc(Cl)cc3)[C@H](CCCl)C(=O)c3ccc(Cl)cc3)C(=O)[C@H]12. The molecule has 0 N–H and O–H groups in total. The van der Waals surface area contributed by atoms with Crippen LogP contribution in [0.5, 0.6) is 0 Å². The molecule has 1 aliphatic carbocycles. The minimum Gasteiger partial charge on any atom is -0.292 e. The van der Waals surface area contributed by atoms with Crippen LogP contribution in [0.4, 0.5) is 0 Å². The van der Waals surface area contributed by atoms with Crippen molar-refractivity contribution in [3.8, 4) is 0 Å². The third kappa shape index (κ3) is 4.88. The summed E-state index contributed by atoms with van der Waals surface area (Å²) in [5, 5.41) is 2.74. The van der Waals surface area contributed by atoms with Crippen molar-refractivity contribution >= 4 is 58.3 Å². The van der Waals surface area contributed by atoms with E-state index in [1.807, 2.05) is 19.1 Å². The number of benzene rings is 2. The van der Waals surface area contributed by atoms with Crippen LogP contribution >= 0.6 is 34.8 Å². The topological polar surface area (TPSA) is 74.8 Å². The van der Waals surface area contributed by atoms with E-state index in [1.165, 1.54) is 36.4 Å². The number of allylic oxidation sites excluding steroid dienone is 2. The van der Waals surface area contributed by atoms with E-state index in [0.29, 0.717) is 16.5 Å². The van der Waals surface area contributed by atoms with Crippen LogP contribution in [0.2, 0.25) is 10.0 Å². The zero-order valence-corrected chi connectivity index (χ0v) is 21.1. The minimum atomic E-state index is -1.19. The third-order valence-electron chi connectivity index (χ3n) is 6.47. The molecule has 2 aliphatic rings. The van der Waals surface area contributed by atoms with Crippen LogP contribution in [-0.2, 0) is 9.59 Å². The Morgan fingerprint density at radius 3 is 2.09 bits per heavy atom. The van der Waals surface area contributed by atoms with Crippen LogP contribution in [0.15, 0.2) is 60.7 Å². The summed E-state index contributed by atoms with van der Waals surface area (Å²) in [5.74, 6) is -3.46. The van der Waals surface area contributed by atoms with Gasteiger partial charge in [0.05, 0.1) is 11.8 Å². The highest BCUT2D eigenvalue weighted by Crippen LogP contribution is 2.40. The van der Waals surface area contributed by atoms with Gasteiger partial charge in [-0.2, -0.15) is 5.01 Å². The van der Waals surface area contributed by atoms with Gasteiger partial charge in [-0.15, -0.1) is 11.6 Å². The van der Waals surface area contributed by atoms with Crippen molar-refractivity contribution in [1.29, 1.82) is 0 Å². The monoisotopic (exact) mass is 532 g/mol. The van der Waals surface area contributed by atoms with Crippen LogP contribution in [0.1, 0.15) is 40.5 Å². The van der Waals surface area contributed by atoms with E-state index >= 15 is 0 Å². The summed E-state index contributed by atoms with van der Waals surface area (Å²) in [5.41, 5.74) is 0.462. The second-order valence-corrected chi connectivity index (χ2v) is 9.92. The summed E-state index contributed by atoms with van der Waals surface area (Å²) in [6.45, 7) is 1.86. The van der Waals surface area contributed by atoms with Crippen molar-refractivity contribution in [2.45, 2.75) is 25.8 Å². The number of amides is 3. The number of carbonyl (C=O) groups excluding carboxylic acids is 4. The lowest BCUT2D eigenvalue weighted by molar-refractivity contribution is -0.156. The number of Topliss-reactive ketones (excluding diaryl/α,β-unsaturated/α-hetero) is 1. The first kappa shape index (κ1) is 25.4. The molecule has 2 aromatic carbocycles. The number of hydrogen-bond acceptors (Lipinski definition) is 4. The van der Waals surface area contributed by atoms with Crippen molar-refractivity contribution < 1.29 is 19.2 Å². The van der Waals surface area contributed by atoms with Crippen molar-refractivity contribution in [1.82, 2.24) is 10.0 Å². The third-order valence-corrected chi connectivity index (χ3v) is 7.20. The Kier molecular flexibility index (Phi) is 7.64. The molecular weight excluding hydrogens is 511 g/mol. The van der Waals surface area contributed by atoms with Crippen LogP contribution in [0.3, 0.4) is 0 Å². The van der Waals surface area contributed by atoms with Gasteiger partial charge in [0.15, 0.2) is 5.78 Å². The molecule has 0 bridgehead atoms. The summed E-state index contributed by atoms with van der Waals surface area (Å²) in [6.07, 6.45) is 4.20. The van der Waals surface area contributed by atoms with Gasteiger partial charge in [0.2, 0.25) is 0 Å². The molecule has 1 saturated heterocycles. The van der Waals surface area contributed by atoms with Gasteiger partial charge in [-0.3, -0.25) is 19.2 Å². The number of rotatable bonds is 7. The van der Waals surface area contributed by atoms with Gasteiger partial charge in [0, 0.05) is 27.1 Å². The normalized spacial score (nSPS) is 22.2. The van der Waals surface area contributed by atoms with Gasteiger partial charge < -0.3 is 0 Å². The number of carbonyl (C=O) groups is 4. The zero-order valence-electron chi connectivity index (χ0n) is 18.9. The highest BCUT2D eigenvalue weighted by Gasteiger charge is 2.54. The Morgan fingerprint density at radius 1 is 0.971 bits per heavy atom. The average Bonchev–Trinajstić information content (AvgIpc) is 3.10. The largest absolute Gasteiger partial charge is 0.292 e. The summed E-state index contributed by atoms with van der Waals surface area (Å²) in [7, 11) is 0. The van der Waals surface area contributed by atoms with Gasteiger partial charge in [-0.25, -0.2) is 5.01 Å². The van der Waals surface area contributed by atoms with Crippen LogP contribution in [0.25, 0.3) is 0 Å². The molecule has 0 saturated carbocycles. The molecule has 9 heteroatoms. The predicted molar refractivity (Wildman–Crippen MR) is 134 cm³/mol. The molecule has 6 nitrogen and oxygen atoms in total. The molecule has 2 aromatic rings. The van der Waals surface area contributed by atoms with Gasteiger partial charge in [-0.1, -0.05) is 42.3 Å². The molecule has 0 radical (unpaired) electrons. The van der Waals surface area contributed by atoms with Crippen LogP contribution in [0, 0.1) is 17.8 Å². The minimum absolute atomic E-state index is 0.0232. The fourth-order valence-electron chi connectivity index (χ4n) is 4.71. The number of alkyl halides is 1. The lowest BCUT2D eigenvalue weighted by Crippen LogP contribution is -2.57. The number of hydrazine groups is 1. The van der Waals surface area contributed by atoms with Gasteiger partial charge in [-0.05, 0) is 67.3 Å². The number of hydrogen-bond donors (Lipinski definition) is 0. The summed E-state index contributed by atoms with van der Waals surface area (Å²) in [4.78, 5) is 54.6. The van der Waals surface area contributed by atoms with Gasteiger partial charge in [0.25, 0.3) is 17.7 Å². The lowest BCUT2D eigenvalue weighted by atomic mass is 9.78. The predicted octanol–water partition coefficient (Wildman–Crippen LogP) is 5.43. The summed E-state index contributed by atoms with van der Waals surface area (Å²) in [6, 6.07) is 11.1. The molecule has 1 fully saturated rings. The smallest absolute Gasteiger partial charge is 0.273 e. The van der Waals surface area contributed by atoms with Crippen LogP contribution < -0.4 is 0 Å². The fraction of sp³-hybridized carbons (Fsp3) is 0.308.